The van der Waals surface area contributed by atoms with Crippen LogP contribution in [0.2, 0.25) is 0 Å². The highest BCUT2D eigenvalue weighted by atomic mass is 32.1. The first-order valence-corrected chi connectivity index (χ1v) is 6.95. The SMILES string of the molecule is CC(C)(C)OC(=O)c1c(N)nsc1Nc1ccccc1. The van der Waals surface area contributed by atoms with E-state index in [-0.39, 0.29) is 11.4 Å². The van der Waals surface area contributed by atoms with Crippen molar-refractivity contribution in [2.24, 2.45) is 0 Å². The summed E-state index contributed by atoms with van der Waals surface area (Å²) >= 11 is 1.14. The molecule has 5 nitrogen and oxygen atoms in total. The van der Waals surface area contributed by atoms with E-state index in [9.17, 15) is 4.79 Å². The summed E-state index contributed by atoms with van der Waals surface area (Å²) in [6.07, 6.45) is 0. The van der Waals surface area contributed by atoms with Crippen molar-refractivity contribution in [3.05, 3.63) is 35.9 Å². The van der Waals surface area contributed by atoms with Crippen LogP contribution in [0.4, 0.5) is 16.5 Å². The zero-order valence-electron chi connectivity index (χ0n) is 11.6. The van der Waals surface area contributed by atoms with E-state index in [4.69, 9.17) is 10.5 Å². The number of aromatic nitrogens is 1. The molecule has 0 bridgehead atoms. The second-order valence-electron chi connectivity index (χ2n) is 5.26. The normalized spacial score (nSPS) is 11.2. The molecule has 0 unspecified atom stereocenters. The summed E-state index contributed by atoms with van der Waals surface area (Å²) in [5.41, 5.74) is 6.35. The zero-order chi connectivity index (χ0) is 14.8. The lowest BCUT2D eigenvalue weighted by atomic mass is 10.2. The quantitative estimate of drug-likeness (QED) is 0.847. The number of nitrogens with two attached hydrogens (primary N) is 1. The summed E-state index contributed by atoms with van der Waals surface area (Å²) in [5, 5.41) is 3.72. The first kappa shape index (κ1) is 14.3. The van der Waals surface area contributed by atoms with E-state index in [0.29, 0.717) is 5.00 Å². The molecule has 20 heavy (non-hydrogen) atoms. The number of carbonyl (C=O) groups excluding carboxylic acids is 1. The monoisotopic (exact) mass is 291 g/mol. The van der Waals surface area contributed by atoms with Crippen LogP contribution in [-0.4, -0.2) is 15.9 Å². The number of carbonyl (C=O) groups is 1. The lowest BCUT2D eigenvalue weighted by Gasteiger charge is -2.19. The third-order valence-corrected chi connectivity index (χ3v) is 3.13. The first-order chi connectivity index (χ1) is 9.37. The summed E-state index contributed by atoms with van der Waals surface area (Å²) in [7, 11) is 0. The fourth-order valence-corrected chi connectivity index (χ4v) is 2.29. The number of nitrogens with zero attached hydrogens (tertiary/aromatic N) is 1. The minimum Gasteiger partial charge on any atom is -0.456 e. The van der Waals surface area contributed by atoms with Gasteiger partial charge in [0.1, 0.15) is 16.2 Å². The largest absolute Gasteiger partial charge is 0.456 e. The molecule has 2 aromatic rings. The summed E-state index contributed by atoms with van der Waals surface area (Å²) in [4.78, 5) is 12.2. The van der Waals surface area contributed by atoms with Gasteiger partial charge in [0.05, 0.1) is 0 Å². The van der Waals surface area contributed by atoms with E-state index < -0.39 is 11.6 Å². The Balaban J connectivity index is 2.26. The van der Waals surface area contributed by atoms with Crippen LogP contribution in [0.5, 0.6) is 0 Å². The number of hydrogen-bond donors (Lipinski definition) is 2. The smallest absolute Gasteiger partial charge is 0.345 e. The van der Waals surface area contributed by atoms with Crippen LogP contribution in [0.15, 0.2) is 30.3 Å². The van der Waals surface area contributed by atoms with Crippen molar-refractivity contribution >= 4 is 34.0 Å². The molecule has 0 aliphatic carbocycles. The minimum absolute atomic E-state index is 0.183. The molecule has 1 aromatic carbocycles. The van der Waals surface area contributed by atoms with E-state index in [1.165, 1.54) is 0 Å². The van der Waals surface area contributed by atoms with Gasteiger partial charge < -0.3 is 15.8 Å². The van der Waals surface area contributed by atoms with Gasteiger partial charge in [-0.2, -0.15) is 4.37 Å². The summed E-state index contributed by atoms with van der Waals surface area (Å²) < 4.78 is 9.37. The van der Waals surface area contributed by atoms with Gasteiger partial charge in [-0.15, -0.1) is 0 Å². The van der Waals surface area contributed by atoms with Crippen molar-refractivity contribution in [2.75, 3.05) is 11.1 Å². The van der Waals surface area contributed by atoms with Crippen molar-refractivity contribution in [3.8, 4) is 0 Å². The second kappa shape index (κ2) is 5.50. The van der Waals surface area contributed by atoms with Gasteiger partial charge in [-0.05, 0) is 44.4 Å². The Kier molecular flexibility index (Phi) is 3.94. The number of rotatable bonds is 3. The molecular weight excluding hydrogens is 274 g/mol. The van der Waals surface area contributed by atoms with Crippen LogP contribution in [0.1, 0.15) is 31.1 Å². The maximum absolute atomic E-state index is 12.2. The average molecular weight is 291 g/mol. The van der Waals surface area contributed by atoms with Gasteiger partial charge in [-0.25, -0.2) is 4.79 Å². The number of nitrogen functional groups attached to an aromatic ring is 1. The van der Waals surface area contributed by atoms with E-state index in [1.807, 2.05) is 51.1 Å². The van der Waals surface area contributed by atoms with E-state index in [0.717, 1.165) is 17.2 Å². The van der Waals surface area contributed by atoms with Crippen molar-refractivity contribution < 1.29 is 9.53 Å². The molecule has 3 N–H and O–H groups in total. The lowest BCUT2D eigenvalue weighted by Crippen LogP contribution is -2.24. The molecular formula is C14H17N3O2S. The van der Waals surface area contributed by atoms with Crippen LogP contribution < -0.4 is 11.1 Å². The lowest BCUT2D eigenvalue weighted by molar-refractivity contribution is 0.00723. The average Bonchev–Trinajstić information content (AvgIpc) is 2.69. The molecule has 1 aromatic heterocycles. The highest BCUT2D eigenvalue weighted by Crippen LogP contribution is 2.31. The molecule has 0 saturated heterocycles. The van der Waals surface area contributed by atoms with Gasteiger partial charge >= 0.3 is 5.97 Å². The highest BCUT2D eigenvalue weighted by Gasteiger charge is 2.25. The van der Waals surface area contributed by atoms with Crippen LogP contribution in [0.3, 0.4) is 0 Å². The van der Waals surface area contributed by atoms with Gasteiger partial charge in [0.25, 0.3) is 0 Å². The Morgan fingerprint density at radius 3 is 2.55 bits per heavy atom. The minimum atomic E-state index is -0.574. The van der Waals surface area contributed by atoms with Crippen molar-refractivity contribution in [1.82, 2.24) is 4.37 Å². The number of benzene rings is 1. The maximum atomic E-state index is 12.2. The Bertz CT molecular complexity index is 603. The number of nitrogens with one attached hydrogen (secondary N) is 1. The molecule has 1 heterocycles. The van der Waals surface area contributed by atoms with Crippen LogP contribution in [0.25, 0.3) is 0 Å². The summed E-state index contributed by atoms with van der Waals surface area (Å²) in [6.45, 7) is 5.43. The van der Waals surface area contributed by atoms with Gasteiger partial charge in [0, 0.05) is 5.69 Å². The number of esters is 1. The molecule has 6 heteroatoms. The van der Waals surface area contributed by atoms with Gasteiger partial charge in [0.15, 0.2) is 5.82 Å². The number of hydrogen-bond acceptors (Lipinski definition) is 6. The van der Waals surface area contributed by atoms with E-state index >= 15 is 0 Å². The summed E-state index contributed by atoms with van der Waals surface area (Å²) in [6, 6.07) is 9.52. The maximum Gasteiger partial charge on any atom is 0.345 e. The van der Waals surface area contributed by atoms with Gasteiger partial charge in [-0.1, -0.05) is 18.2 Å². The molecule has 0 aliphatic rings. The Morgan fingerprint density at radius 1 is 1.30 bits per heavy atom. The Hall–Kier alpha value is -2.08. The van der Waals surface area contributed by atoms with Crippen molar-refractivity contribution in [2.45, 2.75) is 26.4 Å². The molecule has 0 atom stereocenters. The molecule has 0 fully saturated rings. The number of anilines is 3. The van der Waals surface area contributed by atoms with Crippen LogP contribution >= 0.6 is 11.5 Å². The predicted octanol–water partition coefficient (Wildman–Crippen LogP) is 3.42. The molecule has 0 saturated carbocycles. The molecule has 0 amide bonds. The van der Waals surface area contributed by atoms with E-state index in [2.05, 4.69) is 9.69 Å². The Morgan fingerprint density at radius 2 is 1.95 bits per heavy atom. The number of ether oxygens (including phenoxy) is 1. The third-order valence-electron chi connectivity index (χ3n) is 2.35. The van der Waals surface area contributed by atoms with Gasteiger partial charge in [0.2, 0.25) is 0 Å². The van der Waals surface area contributed by atoms with Gasteiger partial charge in [-0.3, -0.25) is 0 Å². The van der Waals surface area contributed by atoms with Crippen LogP contribution in [-0.2, 0) is 4.74 Å². The topological polar surface area (TPSA) is 77.2 Å². The summed E-state index contributed by atoms with van der Waals surface area (Å²) in [5.74, 6) is -0.287. The molecule has 2 rings (SSSR count). The van der Waals surface area contributed by atoms with Crippen molar-refractivity contribution in [3.63, 3.8) is 0 Å². The second-order valence-corrected chi connectivity index (χ2v) is 6.04. The molecule has 0 aliphatic heterocycles. The Labute approximate surface area is 121 Å². The third kappa shape index (κ3) is 3.48. The number of para-hydroxylation sites is 1. The standard InChI is InChI=1S/C14H17N3O2S/c1-14(2,3)19-13(18)10-11(15)17-20-12(10)16-9-7-5-4-6-8-9/h4-8,16H,1-3H3,(H2,15,17). The molecule has 0 spiro atoms. The fraction of sp³-hybridized carbons (Fsp3) is 0.286. The predicted molar refractivity (Wildman–Crippen MR) is 81.4 cm³/mol. The van der Waals surface area contributed by atoms with Crippen molar-refractivity contribution in [1.29, 1.82) is 0 Å². The first-order valence-electron chi connectivity index (χ1n) is 6.17. The van der Waals surface area contributed by atoms with Crippen LogP contribution in [0, 0.1) is 0 Å². The highest BCUT2D eigenvalue weighted by molar-refractivity contribution is 7.11. The fourth-order valence-electron chi connectivity index (χ4n) is 1.57. The molecule has 0 radical (unpaired) electrons. The zero-order valence-corrected chi connectivity index (χ0v) is 12.5. The van der Waals surface area contributed by atoms with E-state index in [1.54, 1.807) is 0 Å². The molecule has 106 valence electrons.